The van der Waals surface area contributed by atoms with Crippen molar-refractivity contribution in [3.05, 3.63) is 23.8 Å². The van der Waals surface area contributed by atoms with Crippen molar-refractivity contribution in [2.24, 2.45) is 0 Å². The minimum atomic E-state index is -1.90. The van der Waals surface area contributed by atoms with Crippen molar-refractivity contribution in [3.8, 4) is 11.5 Å². The molecule has 0 saturated carbocycles. The summed E-state index contributed by atoms with van der Waals surface area (Å²) >= 11 is 0. The summed E-state index contributed by atoms with van der Waals surface area (Å²) < 4.78 is 9.57. The van der Waals surface area contributed by atoms with Crippen molar-refractivity contribution in [1.29, 1.82) is 0 Å². The van der Waals surface area contributed by atoms with E-state index in [1.807, 2.05) is 0 Å². The van der Waals surface area contributed by atoms with Crippen molar-refractivity contribution in [2.45, 2.75) is 6.61 Å². The Morgan fingerprint density at radius 2 is 2.00 bits per heavy atom. The van der Waals surface area contributed by atoms with Gasteiger partial charge in [-0.2, -0.15) is 0 Å². The predicted octanol–water partition coefficient (Wildman–Crippen LogP) is -0.464. The molecule has 5 nitrogen and oxygen atoms in total. The highest BCUT2D eigenvalue weighted by Crippen LogP contribution is 2.28. The van der Waals surface area contributed by atoms with Crippen LogP contribution in [0.4, 0.5) is 0 Å². The number of aliphatic hydroxyl groups excluding tert-OH is 1. The van der Waals surface area contributed by atoms with Crippen LogP contribution < -0.4 is 9.39 Å². The molecule has 3 N–H and O–H groups in total. The van der Waals surface area contributed by atoms with Gasteiger partial charge in [-0.1, -0.05) is 6.07 Å². The summed E-state index contributed by atoms with van der Waals surface area (Å²) in [6.07, 6.45) is 0. The summed E-state index contributed by atoms with van der Waals surface area (Å²) in [5.41, 5.74) is 0.599. The first-order valence-corrected chi connectivity index (χ1v) is 3.98. The Morgan fingerprint density at radius 1 is 1.29 bits per heavy atom. The maximum Gasteiger partial charge on any atom is 0.707 e. The van der Waals surface area contributed by atoms with Crippen molar-refractivity contribution in [2.75, 3.05) is 7.11 Å². The Labute approximate surface area is 81.7 Å². The van der Waals surface area contributed by atoms with Crippen molar-refractivity contribution < 1.29 is 24.5 Å². The summed E-state index contributed by atoms with van der Waals surface area (Å²) in [4.78, 5) is 0. The van der Waals surface area contributed by atoms with E-state index in [0.717, 1.165) is 0 Å². The third-order valence-corrected chi connectivity index (χ3v) is 1.64. The highest BCUT2D eigenvalue weighted by atomic mass is 16.6. The molecule has 0 aromatic heterocycles. The van der Waals surface area contributed by atoms with Gasteiger partial charge in [-0.15, -0.1) is 0 Å². The fourth-order valence-electron chi connectivity index (χ4n) is 1.03. The molecule has 0 aliphatic rings. The molecule has 1 rings (SSSR count). The van der Waals surface area contributed by atoms with Crippen molar-refractivity contribution in [1.82, 2.24) is 0 Å². The van der Waals surface area contributed by atoms with Crippen LogP contribution in [-0.4, -0.2) is 29.6 Å². The molecule has 0 radical (unpaired) electrons. The van der Waals surface area contributed by atoms with Crippen LogP contribution in [0.5, 0.6) is 11.5 Å². The minimum Gasteiger partial charge on any atom is -0.509 e. The monoisotopic (exact) mass is 198 g/mol. The Balaban J connectivity index is 2.96. The molecular formula is C8H11BO5. The molecule has 6 heteroatoms. The van der Waals surface area contributed by atoms with Gasteiger partial charge in [-0.05, 0) is 17.7 Å². The van der Waals surface area contributed by atoms with Gasteiger partial charge >= 0.3 is 7.32 Å². The lowest BCUT2D eigenvalue weighted by Crippen LogP contribution is -2.21. The molecule has 0 saturated heterocycles. The third-order valence-electron chi connectivity index (χ3n) is 1.64. The maximum atomic E-state index is 8.84. The first-order chi connectivity index (χ1) is 6.67. The molecule has 0 fully saturated rings. The van der Waals surface area contributed by atoms with Gasteiger partial charge in [0.25, 0.3) is 0 Å². The second kappa shape index (κ2) is 4.85. The molecule has 0 bridgehead atoms. The second-order valence-electron chi connectivity index (χ2n) is 2.59. The summed E-state index contributed by atoms with van der Waals surface area (Å²) in [6, 6.07) is 4.69. The molecule has 0 aliphatic carbocycles. The molecule has 0 unspecified atom stereocenters. The number of hydrogen-bond acceptors (Lipinski definition) is 5. The third kappa shape index (κ3) is 2.63. The van der Waals surface area contributed by atoms with Gasteiger partial charge in [-0.3, -0.25) is 0 Å². The lowest BCUT2D eigenvalue weighted by Gasteiger charge is -2.10. The summed E-state index contributed by atoms with van der Waals surface area (Å²) in [7, 11) is -0.470. The van der Waals surface area contributed by atoms with Crippen LogP contribution in [-0.2, 0) is 6.61 Å². The molecule has 1 aromatic rings. The number of aliphatic hydroxyl groups is 1. The van der Waals surface area contributed by atoms with E-state index in [1.54, 1.807) is 12.1 Å². The largest absolute Gasteiger partial charge is 0.707 e. The fraction of sp³-hybridized carbons (Fsp3) is 0.250. The molecule has 0 amide bonds. The molecular weight excluding hydrogens is 187 g/mol. The molecule has 0 spiro atoms. The van der Waals surface area contributed by atoms with Crippen LogP contribution in [0.2, 0.25) is 0 Å². The van der Waals surface area contributed by atoms with Crippen LogP contribution in [0.1, 0.15) is 5.56 Å². The number of rotatable bonds is 4. The molecule has 0 heterocycles. The second-order valence-corrected chi connectivity index (χ2v) is 2.59. The first-order valence-electron chi connectivity index (χ1n) is 3.98. The molecule has 0 aliphatic heterocycles. The quantitative estimate of drug-likeness (QED) is 0.570. The van der Waals surface area contributed by atoms with Gasteiger partial charge in [0.1, 0.15) is 5.75 Å². The van der Waals surface area contributed by atoms with E-state index in [4.69, 9.17) is 19.9 Å². The van der Waals surface area contributed by atoms with E-state index in [-0.39, 0.29) is 12.4 Å². The smallest absolute Gasteiger partial charge is 0.509 e. The first kappa shape index (κ1) is 10.8. The van der Waals surface area contributed by atoms with Gasteiger partial charge < -0.3 is 24.5 Å². The zero-order valence-corrected chi connectivity index (χ0v) is 7.67. The van der Waals surface area contributed by atoms with Crippen molar-refractivity contribution in [3.63, 3.8) is 0 Å². The lowest BCUT2D eigenvalue weighted by molar-refractivity contribution is 0.272. The predicted molar refractivity (Wildman–Crippen MR) is 49.7 cm³/mol. The Morgan fingerprint density at radius 3 is 2.50 bits per heavy atom. The Kier molecular flexibility index (Phi) is 3.76. The van der Waals surface area contributed by atoms with Crippen molar-refractivity contribution >= 4 is 7.32 Å². The van der Waals surface area contributed by atoms with E-state index in [9.17, 15) is 0 Å². The van der Waals surface area contributed by atoms with Crippen LogP contribution in [0.15, 0.2) is 18.2 Å². The topological polar surface area (TPSA) is 79.2 Å². The molecule has 14 heavy (non-hydrogen) atoms. The Hall–Kier alpha value is -1.24. The fourth-order valence-corrected chi connectivity index (χ4v) is 1.03. The Bertz CT molecular complexity index is 302. The van der Waals surface area contributed by atoms with E-state index >= 15 is 0 Å². The van der Waals surface area contributed by atoms with Crippen LogP contribution in [0.25, 0.3) is 0 Å². The average Bonchev–Trinajstić information content (AvgIpc) is 2.16. The standard InChI is InChI=1S/C8H11BO5/c1-13-7-3-2-6(5-10)4-8(7)14-9(11)12/h2-4,10-12H,5H2,1H3. The van der Waals surface area contributed by atoms with Gasteiger partial charge in [0.15, 0.2) is 5.75 Å². The minimum absolute atomic E-state index is 0.151. The van der Waals surface area contributed by atoms with Crippen LogP contribution >= 0.6 is 0 Å². The number of hydrogen-bond donors (Lipinski definition) is 3. The summed E-state index contributed by atoms with van der Waals surface area (Å²) in [6.45, 7) is -0.151. The van der Waals surface area contributed by atoms with Gasteiger partial charge in [0.2, 0.25) is 0 Å². The lowest BCUT2D eigenvalue weighted by atomic mass is 10.2. The average molecular weight is 198 g/mol. The number of ether oxygens (including phenoxy) is 1. The normalized spacial score (nSPS) is 9.71. The van der Waals surface area contributed by atoms with E-state index < -0.39 is 7.32 Å². The van der Waals surface area contributed by atoms with Gasteiger partial charge in [0, 0.05) is 0 Å². The molecule has 76 valence electrons. The van der Waals surface area contributed by atoms with Gasteiger partial charge in [-0.25, -0.2) is 0 Å². The highest BCUT2D eigenvalue weighted by Gasteiger charge is 2.15. The molecule has 1 aromatic carbocycles. The number of benzene rings is 1. The van der Waals surface area contributed by atoms with E-state index in [1.165, 1.54) is 13.2 Å². The zero-order chi connectivity index (χ0) is 10.6. The SMILES string of the molecule is COc1ccc(CO)cc1OB(O)O. The highest BCUT2D eigenvalue weighted by molar-refractivity contribution is 6.33. The summed E-state index contributed by atoms with van der Waals surface area (Å²) in [5.74, 6) is 0.546. The summed E-state index contributed by atoms with van der Waals surface area (Å²) in [5, 5.41) is 26.0. The van der Waals surface area contributed by atoms with E-state index in [0.29, 0.717) is 11.3 Å². The number of methoxy groups -OCH3 is 1. The van der Waals surface area contributed by atoms with Crippen LogP contribution in [0, 0.1) is 0 Å². The van der Waals surface area contributed by atoms with Crippen LogP contribution in [0.3, 0.4) is 0 Å². The zero-order valence-electron chi connectivity index (χ0n) is 7.67. The maximum absolute atomic E-state index is 8.84. The molecule has 0 atom stereocenters. The van der Waals surface area contributed by atoms with Gasteiger partial charge in [0.05, 0.1) is 13.7 Å². The van der Waals surface area contributed by atoms with E-state index in [2.05, 4.69) is 4.65 Å².